The first-order chi connectivity index (χ1) is 22.1. The van der Waals surface area contributed by atoms with Crippen LogP contribution in [0.4, 0.5) is 23.2 Å². The molecule has 0 aliphatic heterocycles. The van der Waals surface area contributed by atoms with Crippen LogP contribution in [-0.4, -0.2) is 79.7 Å². The highest BCUT2D eigenvalue weighted by atomic mass is 19.2. The number of anilines is 1. The third-order valence-electron chi connectivity index (χ3n) is 7.02. The number of amides is 6. The maximum absolute atomic E-state index is 14.1. The maximum Gasteiger partial charge on any atom is 0.257 e. The summed E-state index contributed by atoms with van der Waals surface area (Å²) in [7, 11) is 0. The molecular formula is C30H46F4N8O6. The average Bonchev–Trinajstić information content (AvgIpc) is 3.00. The number of rotatable bonds is 18. The van der Waals surface area contributed by atoms with E-state index in [1.165, 1.54) is 0 Å². The molecule has 0 spiro atoms. The summed E-state index contributed by atoms with van der Waals surface area (Å²) >= 11 is 0. The number of hydrogen-bond donors (Lipinski definition) is 8. The van der Waals surface area contributed by atoms with Crippen molar-refractivity contribution in [2.24, 2.45) is 17.1 Å². The first-order valence-electron chi connectivity index (χ1n) is 15.1. The molecule has 1 atom stereocenters. The summed E-state index contributed by atoms with van der Waals surface area (Å²) in [6, 6.07) is -0.979. The van der Waals surface area contributed by atoms with Crippen LogP contribution in [0.25, 0.3) is 0 Å². The van der Waals surface area contributed by atoms with Gasteiger partial charge in [-0.25, -0.2) is 17.6 Å². The fraction of sp³-hybridized carbons (Fsp3) is 0.600. The molecule has 1 aromatic carbocycles. The zero-order chi connectivity index (χ0) is 37.0. The Morgan fingerprint density at radius 1 is 0.708 bits per heavy atom. The summed E-state index contributed by atoms with van der Waals surface area (Å²) in [5, 5.41) is 14.6. The summed E-state index contributed by atoms with van der Waals surface area (Å²) in [4.78, 5) is 73.2. The van der Waals surface area contributed by atoms with Gasteiger partial charge >= 0.3 is 0 Å². The molecule has 10 N–H and O–H groups in total. The molecule has 1 aromatic rings. The Hall–Kier alpha value is -4.48. The van der Waals surface area contributed by atoms with Gasteiger partial charge in [-0.05, 0) is 44.4 Å². The Morgan fingerprint density at radius 2 is 1.23 bits per heavy atom. The van der Waals surface area contributed by atoms with Crippen LogP contribution in [0, 0.1) is 34.6 Å². The van der Waals surface area contributed by atoms with Gasteiger partial charge in [-0.1, -0.05) is 27.7 Å². The van der Waals surface area contributed by atoms with Crippen LogP contribution in [0.2, 0.25) is 0 Å². The summed E-state index contributed by atoms with van der Waals surface area (Å²) < 4.78 is 55.8. The zero-order valence-electron chi connectivity index (χ0n) is 27.9. The molecule has 48 heavy (non-hydrogen) atoms. The van der Waals surface area contributed by atoms with E-state index in [4.69, 9.17) is 11.5 Å². The Morgan fingerprint density at radius 3 is 1.77 bits per heavy atom. The van der Waals surface area contributed by atoms with Crippen molar-refractivity contribution in [2.75, 3.05) is 38.5 Å². The highest BCUT2D eigenvalue weighted by molar-refractivity contribution is 5.95. The van der Waals surface area contributed by atoms with Crippen molar-refractivity contribution < 1.29 is 46.3 Å². The highest BCUT2D eigenvalue weighted by Crippen LogP contribution is 2.28. The van der Waals surface area contributed by atoms with E-state index in [2.05, 4.69) is 31.9 Å². The van der Waals surface area contributed by atoms with E-state index in [1.807, 2.05) is 13.8 Å². The summed E-state index contributed by atoms with van der Waals surface area (Å²) in [5.41, 5.74) is 5.82. The molecule has 0 heterocycles. The number of hydrogen-bond acceptors (Lipinski definition) is 8. The van der Waals surface area contributed by atoms with Crippen molar-refractivity contribution in [3.05, 3.63) is 28.8 Å². The van der Waals surface area contributed by atoms with Gasteiger partial charge in [-0.3, -0.25) is 28.8 Å². The van der Waals surface area contributed by atoms with E-state index in [9.17, 15) is 46.3 Å². The van der Waals surface area contributed by atoms with Crippen LogP contribution in [0.5, 0.6) is 0 Å². The number of benzene rings is 1. The van der Waals surface area contributed by atoms with E-state index in [1.54, 1.807) is 27.7 Å². The molecule has 18 heteroatoms. The molecule has 1 unspecified atom stereocenters. The molecule has 0 aliphatic carbocycles. The van der Waals surface area contributed by atoms with Crippen LogP contribution in [-0.2, 0) is 24.0 Å². The summed E-state index contributed by atoms with van der Waals surface area (Å²) in [6.45, 7) is 8.77. The molecule has 1 rings (SSSR count). The van der Waals surface area contributed by atoms with Gasteiger partial charge in [0.15, 0.2) is 23.3 Å². The van der Waals surface area contributed by atoms with Crippen LogP contribution < -0.4 is 43.4 Å². The Kier molecular flexibility index (Phi) is 15.7. The standard InChI is InChI=1S/C30H46F4N8O6/c1-15(2)9-16(41-19(45)12-37-17(43)10-35)27(47)39-11-18(44)38-13-20(46)42-30(5,6)8-7-29(3,4)14-40-28(48)21-22(31)24(33)26(36)25(34)23(21)32/h15-16H,7-14,35-36H2,1-6H3,(H,37,43)(H,38,44)(H,39,47)(H,40,48)(H,41,45)(H,42,46). The van der Waals surface area contributed by atoms with Gasteiger partial charge in [0.2, 0.25) is 29.5 Å². The van der Waals surface area contributed by atoms with Gasteiger partial charge in [0.05, 0.1) is 26.2 Å². The summed E-state index contributed by atoms with van der Waals surface area (Å²) in [5.74, 6) is -12.0. The molecule has 0 radical (unpaired) electrons. The SMILES string of the molecule is CC(C)CC(NC(=O)CNC(=O)CN)C(=O)NCC(=O)NCC(=O)NC(C)(C)CCC(C)(C)CNC(=O)c1c(F)c(F)c(N)c(F)c1F. The largest absolute Gasteiger partial charge is 0.394 e. The van der Waals surface area contributed by atoms with E-state index in [0.717, 1.165) is 0 Å². The molecule has 0 saturated heterocycles. The van der Waals surface area contributed by atoms with E-state index in [0.29, 0.717) is 12.8 Å². The number of nitrogens with one attached hydrogen (secondary N) is 6. The molecule has 270 valence electrons. The molecular weight excluding hydrogens is 644 g/mol. The minimum absolute atomic E-state index is 0.00510. The second-order valence-corrected chi connectivity index (χ2v) is 13.0. The van der Waals surface area contributed by atoms with Crippen molar-refractivity contribution >= 4 is 41.1 Å². The van der Waals surface area contributed by atoms with Crippen LogP contribution in [0.1, 0.15) is 71.2 Å². The van der Waals surface area contributed by atoms with E-state index >= 15 is 0 Å². The molecule has 0 aromatic heterocycles. The van der Waals surface area contributed by atoms with E-state index in [-0.39, 0.29) is 32.0 Å². The summed E-state index contributed by atoms with van der Waals surface area (Å²) in [6.07, 6.45) is 0.963. The third kappa shape index (κ3) is 13.7. The number of nitrogens with two attached hydrogens (primary N) is 2. The monoisotopic (exact) mass is 690 g/mol. The molecule has 0 fully saturated rings. The highest BCUT2D eigenvalue weighted by Gasteiger charge is 2.31. The topological polar surface area (TPSA) is 227 Å². The van der Waals surface area contributed by atoms with Crippen LogP contribution >= 0.6 is 0 Å². The van der Waals surface area contributed by atoms with Gasteiger partial charge < -0.3 is 43.4 Å². The fourth-order valence-corrected chi connectivity index (χ4v) is 4.21. The Balaban J connectivity index is 2.58. The Labute approximate surface area is 276 Å². The second kappa shape index (κ2) is 18.2. The molecule has 0 aliphatic rings. The van der Waals surface area contributed by atoms with Gasteiger partial charge in [-0.15, -0.1) is 0 Å². The fourth-order valence-electron chi connectivity index (χ4n) is 4.21. The maximum atomic E-state index is 14.1. The lowest BCUT2D eigenvalue weighted by Crippen LogP contribution is -2.52. The van der Waals surface area contributed by atoms with Gasteiger partial charge in [0.1, 0.15) is 17.3 Å². The van der Waals surface area contributed by atoms with Crippen molar-refractivity contribution in [3.8, 4) is 0 Å². The van der Waals surface area contributed by atoms with Crippen molar-refractivity contribution in [2.45, 2.75) is 72.4 Å². The molecule has 0 bridgehead atoms. The van der Waals surface area contributed by atoms with Gasteiger partial charge in [0, 0.05) is 12.1 Å². The first-order valence-corrected chi connectivity index (χ1v) is 15.1. The normalized spacial score (nSPS) is 12.2. The zero-order valence-corrected chi connectivity index (χ0v) is 27.9. The number of carbonyl (C=O) groups is 6. The predicted molar refractivity (Wildman–Crippen MR) is 168 cm³/mol. The minimum atomic E-state index is -1.91. The van der Waals surface area contributed by atoms with E-state index < -0.39 is 100 Å². The van der Waals surface area contributed by atoms with Crippen molar-refractivity contribution in [1.82, 2.24) is 31.9 Å². The third-order valence-corrected chi connectivity index (χ3v) is 7.02. The smallest absolute Gasteiger partial charge is 0.257 e. The second-order valence-electron chi connectivity index (χ2n) is 13.0. The van der Waals surface area contributed by atoms with Gasteiger partial charge in [-0.2, -0.15) is 0 Å². The van der Waals surface area contributed by atoms with Gasteiger partial charge in [0.25, 0.3) is 5.91 Å². The van der Waals surface area contributed by atoms with Crippen LogP contribution in [0.15, 0.2) is 0 Å². The van der Waals surface area contributed by atoms with Crippen molar-refractivity contribution in [1.29, 1.82) is 0 Å². The molecule has 14 nitrogen and oxygen atoms in total. The number of halogens is 4. The van der Waals surface area contributed by atoms with Crippen LogP contribution in [0.3, 0.4) is 0 Å². The molecule has 6 amide bonds. The quantitative estimate of drug-likeness (QED) is 0.0597. The average molecular weight is 691 g/mol. The Bertz CT molecular complexity index is 1340. The van der Waals surface area contributed by atoms with Crippen molar-refractivity contribution in [3.63, 3.8) is 0 Å². The first kappa shape index (κ1) is 41.5. The number of nitrogen functional groups attached to an aromatic ring is 1. The number of carbonyl (C=O) groups excluding carboxylic acids is 6. The molecule has 0 saturated carbocycles. The minimum Gasteiger partial charge on any atom is -0.394 e. The lowest BCUT2D eigenvalue weighted by atomic mass is 9.82. The lowest BCUT2D eigenvalue weighted by Gasteiger charge is -2.32. The lowest BCUT2D eigenvalue weighted by molar-refractivity contribution is -0.131. The predicted octanol–water partition coefficient (Wildman–Crippen LogP) is 0.0944.